The van der Waals surface area contributed by atoms with Gasteiger partial charge in [0, 0.05) is 11.8 Å². The first kappa shape index (κ1) is 15.4. The zero-order valence-electron chi connectivity index (χ0n) is 10.4. The minimum Gasteiger partial charge on any atom is -0.345 e. The molecule has 1 amide bonds. The van der Waals surface area contributed by atoms with Crippen molar-refractivity contribution in [2.75, 3.05) is 11.5 Å². The lowest BCUT2D eigenvalue weighted by Crippen LogP contribution is -2.44. The number of thioether (sulfide) groups is 1. The van der Waals surface area contributed by atoms with E-state index in [1.165, 1.54) is 18.7 Å². The van der Waals surface area contributed by atoms with Gasteiger partial charge < -0.3 is 11.1 Å². The van der Waals surface area contributed by atoms with Gasteiger partial charge in [-0.1, -0.05) is 13.8 Å². The van der Waals surface area contributed by atoms with E-state index in [9.17, 15) is 9.59 Å². The molecule has 5 heteroatoms. The summed E-state index contributed by atoms with van der Waals surface area (Å²) in [5, 5.41) is 2.74. The van der Waals surface area contributed by atoms with Gasteiger partial charge in [-0.3, -0.25) is 9.59 Å². The number of carbonyl (C=O) groups excluding carboxylic acids is 2. The van der Waals surface area contributed by atoms with Gasteiger partial charge in [0.15, 0.2) is 5.78 Å². The molecule has 0 fully saturated rings. The predicted octanol–water partition coefficient (Wildman–Crippen LogP) is 0.797. The van der Waals surface area contributed by atoms with Crippen LogP contribution in [0.1, 0.15) is 27.7 Å². The Balaban J connectivity index is 3.97. The van der Waals surface area contributed by atoms with Crippen molar-refractivity contribution >= 4 is 23.5 Å². The summed E-state index contributed by atoms with van der Waals surface area (Å²) in [6, 6.07) is -0.282. The van der Waals surface area contributed by atoms with Gasteiger partial charge in [-0.2, -0.15) is 11.8 Å². The average Bonchev–Trinajstić information content (AvgIpc) is 2.12. The van der Waals surface area contributed by atoms with Gasteiger partial charge in [0.25, 0.3) is 0 Å². The second-order valence-electron chi connectivity index (χ2n) is 4.39. The first-order chi connectivity index (χ1) is 7.34. The van der Waals surface area contributed by atoms with E-state index in [1.807, 2.05) is 20.8 Å². The topological polar surface area (TPSA) is 72.2 Å². The van der Waals surface area contributed by atoms with Gasteiger partial charge in [0.05, 0.1) is 11.8 Å². The molecule has 0 saturated heterocycles. The lowest BCUT2D eigenvalue weighted by molar-refractivity contribution is -0.126. The second kappa shape index (κ2) is 7.68. The number of rotatable bonds is 7. The summed E-state index contributed by atoms with van der Waals surface area (Å²) >= 11 is 1.49. The van der Waals surface area contributed by atoms with Crippen LogP contribution >= 0.6 is 11.8 Å². The molecule has 0 radical (unpaired) electrons. The molecule has 0 bridgehead atoms. The summed E-state index contributed by atoms with van der Waals surface area (Å²) < 4.78 is 0. The average molecular weight is 246 g/mol. The third kappa shape index (κ3) is 6.85. The van der Waals surface area contributed by atoms with Crippen molar-refractivity contribution in [3.63, 3.8) is 0 Å². The van der Waals surface area contributed by atoms with Gasteiger partial charge in [-0.15, -0.1) is 0 Å². The maximum Gasteiger partial charge on any atom is 0.230 e. The molecule has 0 heterocycles. The van der Waals surface area contributed by atoms with Crippen molar-refractivity contribution in [3.8, 4) is 0 Å². The van der Waals surface area contributed by atoms with Crippen LogP contribution in [0.15, 0.2) is 0 Å². The van der Waals surface area contributed by atoms with Crippen LogP contribution in [0, 0.1) is 5.92 Å². The summed E-state index contributed by atoms with van der Waals surface area (Å²) in [7, 11) is 0. The van der Waals surface area contributed by atoms with Crippen LogP contribution in [0.5, 0.6) is 0 Å². The Morgan fingerprint density at radius 3 is 2.25 bits per heavy atom. The van der Waals surface area contributed by atoms with E-state index >= 15 is 0 Å². The Labute approximate surface area is 102 Å². The molecule has 0 aromatic heterocycles. The highest BCUT2D eigenvalue weighted by Crippen LogP contribution is 2.05. The van der Waals surface area contributed by atoms with Crippen LogP contribution < -0.4 is 11.1 Å². The lowest BCUT2D eigenvalue weighted by atomic mass is 10.0. The number of nitrogens with one attached hydrogen (secondary N) is 1. The van der Waals surface area contributed by atoms with Crippen molar-refractivity contribution in [1.29, 1.82) is 0 Å². The fourth-order valence-corrected chi connectivity index (χ4v) is 2.05. The molecule has 2 atom stereocenters. The third-order valence-electron chi connectivity index (χ3n) is 2.04. The van der Waals surface area contributed by atoms with Gasteiger partial charge >= 0.3 is 0 Å². The van der Waals surface area contributed by atoms with E-state index in [4.69, 9.17) is 5.73 Å². The third-order valence-corrected chi connectivity index (χ3v) is 3.26. The highest BCUT2D eigenvalue weighted by molar-refractivity contribution is 7.99. The molecule has 2 unspecified atom stereocenters. The number of hydrogen-bond donors (Lipinski definition) is 2. The van der Waals surface area contributed by atoms with Crippen molar-refractivity contribution < 1.29 is 9.59 Å². The summed E-state index contributed by atoms with van der Waals surface area (Å²) in [5.41, 5.74) is 5.57. The van der Waals surface area contributed by atoms with Gasteiger partial charge in [0.2, 0.25) is 5.91 Å². The van der Waals surface area contributed by atoms with Crippen molar-refractivity contribution in [2.45, 2.75) is 39.8 Å². The molecule has 0 rings (SSSR count). The molecule has 3 N–H and O–H groups in total. The predicted molar refractivity (Wildman–Crippen MR) is 68.4 cm³/mol. The van der Waals surface area contributed by atoms with Crippen LogP contribution in [-0.4, -0.2) is 35.3 Å². The molecule has 0 spiro atoms. The van der Waals surface area contributed by atoms with Crippen LogP contribution in [0.25, 0.3) is 0 Å². The number of Topliss-reactive ketones (excluding diaryl/α,β-unsaturated/α-hetero) is 1. The first-order valence-electron chi connectivity index (χ1n) is 5.47. The Morgan fingerprint density at radius 1 is 1.31 bits per heavy atom. The summed E-state index contributed by atoms with van der Waals surface area (Å²) in [5.74, 6) is 1.14. The maximum absolute atomic E-state index is 11.5. The smallest absolute Gasteiger partial charge is 0.230 e. The van der Waals surface area contributed by atoms with E-state index in [0.717, 1.165) is 5.75 Å². The lowest BCUT2D eigenvalue weighted by Gasteiger charge is -2.19. The molecule has 16 heavy (non-hydrogen) atoms. The SMILES string of the molecule is CC(=O)C(NC(=O)CSCC(C)N)C(C)C. The van der Waals surface area contributed by atoms with E-state index in [0.29, 0.717) is 5.75 Å². The molecule has 0 aromatic rings. The fraction of sp³-hybridized carbons (Fsp3) is 0.818. The quantitative estimate of drug-likeness (QED) is 0.697. The van der Waals surface area contributed by atoms with Gasteiger partial charge in [0.1, 0.15) is 0 Å². The normalized spacial score (nSPS) is 14.6. The molecule has 94 valence electrons. The van der Waals surface area contributed by atoms with Gasteiger partial charge in [-0.05, 0) is 19.8 Å². The summed E-state index contributed by atoms with van der Waals surface area (Å²) in [6.07, 6.45) is 0. The van der Waals surface area contributed by atoms with Crippen LogP contribution in [0.2, 0.25) is 0 Å². The maximum atomic E-state index is 11.5. The first-order valence-corrected chi connectivity index (χ1v) is 6.63. The zero-order valence-corrected chi connectivity index (χ0v) is 11.3. The number of hydrogen-bond acceptors (Lipinski definition) is 4. The Morgan fingerprint density at radius 2 is 1.88 bits per heavy atom. The zero-order chi connectivity index (χ0) is 12.7. The second-order valence-corrected chi connectivity index (χ2v) is 5.42. The molecule has 0 aromatic carbocycles. The van der Waals surface area contributed by atoms with E-state index in [1.54, 1.807) is 0 Å². The number of nitrogens with two attached hydrogens (primary N) is 1. The highest BCUT2D eigenvalue weighted by Gasteiger charge is 2.20. The van der Waals surface area contributed by atoms with Crippen LogP contribution in [-0.2, 0) is 9.59 Å². The summed E-state index contributed by atoms with van der Waals surface area (Å²) in [4.78, 5) is 22.8. The minimum atomic E-state index is -0.372. The molecule has 4 nitrogen and oxygen atoms in total. The molecule has 0 aliphatic heterocycles. The van der Waals surface area contributed by atoms with Crippen molar-refractivity contribution in [2.24, 2.45) is 11.7 Å². The molecule has 0 saturated carbocycles. The fourth-order valence-electron chi connectivity index (χ4n) is 1.29. The van der Waals surface area contributed by atoms with E-state index in [2.05, 4.69) is 5.32 Å². The number of ketones is 1. The molecule has 0 aliphatic rings. The Kier molecular flexibility index (Phi) is 7.42. The van der Waals surface area contributed by atoms with Crippen molar-refractivity contribution in [3.05, 3.63) is 0 Å². The Bertz CT molecular complexity index is 242. The highest BCUT2D eigenvalue weighted by atomic mass is 32.2. The van der Waals surface area contributed by atoms with E-state index < -0.39 is 0 Å². The monoisotopic (exact) mass is 246 g/mol. The number of carbonyl (C=O) groups is 2. The summed E-state index contributed by atoms with van der Waals surface area (Å²) in [6.45, 7) is 7.24. The molecule has 0 aliphatic carbocycles. The van der Waals surface area contributed by atoms with Crippen LogP contribution in [0.4, 0.5) is 0 Å². The van der Waals surface area contributed by atoms with Gasteiger partial charge in [-0.25, -0.2) is 0 Å². The standard InChI is InChI=1S/C11H22N2O2S/c1-7(2)11(9(4)14)13-10(15)6-16-5-8(3)12/h7-8,11H,5-6,12H2,1-4H3,(H,13,15). The largest absolute Gasteiger partial charge is 0.345 e. The molecular weight excluding hydrogens is 224 g/mol. The number of amides is 1. The van der Waals surface area contributed by atoms with E-state index in [-0.39, 0.29) is 29.7 Å². The van der Waals surface area contributed by atoms with Crippen LogP contribution in [0.3, 0.4) is 0 Å². The molecular formula is C11H22N2O2S. The Hall–Kier alpha value is -0.550. The minimum absolute atomic E-state index is 0.000503. The van der Waals surface area contributed by atoms with Crippen molar-refractivity contribution in [1.82, 2.24) is 5.32 Å².